The Bertz CT molecular complexity index is 1260. The van der Waals surface area contributed by atoms with Gasteiger partial charge >= 0.3 is 6.18 Å². The minimum Gasteiger partial charge on any atom is -0.369 e. The quantitative estimate of drug-likeness (QED) is 0.544. The van der Waals surface area contributed by atoms with Crippen LogP contribution in [0.2, 0.25) is 0 Å². The summed E-state index contributed by atoms with van der Waals surface area (Å²) >= 11 is 0. The lowest BCUT2D eigenvalue weighted by molar-refractivity contribution is -0.138. The van der Waals surface area contributed by atoms with Gasteiger partial charge in [0.1, 0.15) is 29.1 Å². The first-order valence-corrected chi connectivity index (χ1v) is 11.1. The summed E-state index contributed by atoms with van der Waals surface area (Å²) in [5, 5.41) is 3.35. The zero-order chi connectivity index (χ0) is 24.8. The van der Waals surface area contributed by atoms with Crippen molar-refractivity contribution in [3.05, 3.63) is 82.5 Å². The van der Waals surface area contributed by atoms with Gasteiger partial charge in [0, 0.05) is 24.4 Å². The van der Waals surface area contributed by atoms with E-state index in [2.05, 4.69) is 49.2 Å². The lowest BCUT2D eigenvalue weighted by Gasteiger charge is -2.23. The largest absolute Gasteiger partial charge is 0.420 e. The topological polar surface area (TPSA) is 107 Å². The monoisotopic (exact) mass is 480 g/mol. The Morgan fingerprint density at radius 2 is 1.77 bits per heavy atom. The molecule has 3 heterocycles. The Labute approximate surface area is 200 Å². The number of halogens is 3. The fourth-order valence-electron chi connectivity index (χ4n) is 3.96. The molecule has 3 aromatic rings. The molecule has 0 atom stereocenters. The molecule has 4 rings (SSSR count). The second-order valence-corrected chi connectivity index (χ2v) is 8.28. The standard InChI is InChI=1S/C25H23F3N6O/c26-25(27,28)20-14-32-24(11-16-1-3-17(4-2-16)18-7-9-30-10-8-18)34-22(20)6-5-21-19(12-23(29)35)13-31-15-33-21/h1-4,13-15,18,30H,7-12H2,(H2,29,35). The zero-order valence-corrected chi connectivity index (χ0v) is 18.8. The van der Waals surface area contributed by atoms with Gasteiger partial charge in [-0.2, -0.15) is 13.2 Å². The predicted octanol–water partition coefficient (Wildman–Crippen LogP) is 2.77. The number of benzene rings is 1. The van der Waals surface area contributed by atoms with E-state index in [0.29, 0.717) is 11.5 Å². The third-order valence-corrected chi connectivity index (χ3v) is 5.75. The van der Waals surface area contributed by atoms with Crippen molar-refractivity contribution in [1.82, 2.24) is 25.3 Å². The van der Waals surface area contributed by atoms with Crippen molar-refractivity contribution < 1.29 is 18.0 Å². The fourth-order valence-corrected chi connectivity index (χ4v) is 3.96. The molecule has 1 aliphatic heterocycles. The van der Waals surface area contributed by atoms with E-state index in [-0.39, 0.29) is 24.4 Å². The number of aromatic nitrogens is 4. The van der Waals surface area contributed by atoms with Crippen LogP contribution in [0.4, 0.5) is 13.2 Å². The van der Waals surface area contributed by atoms with Crippen LogP contribution in [0.25, 0.3) is 0 Å². The number of amides is 1. The van der Waals surface area contributed by atoms with Crippen molar-refractivity contribution >= 4 is 5.91 Å². The number of nitrogens with zero attached hydrogens (tertiary/aromatic N) is 4. The van der Waals surface area contributed by atoms with E-state index in [1.807, 2.05) is 12.1 Å². The number of primary amides is 1. The minimum atomic E-state index is -4.68. The highest BCUT2D eigenvalue weighted by Crippen LogP contribution is 2.31. The summed E-state index contributed by atoms with van der Waals surface area (Å²) in [6, 6.07) is 8.04. The molecule has 180 valence electrons. The highest BCUT2D eigenvalue weighted by atomic mass is 19.4. The van der Waals surface area contributed by atoms with Crippen LogP contribution in [0.1, 0.15) is 58.2 Å². The number of carbonyl (C=O) groups is 1. The van der Waals surface area contributed by atoms with Crippen molar-refractivity contribution in [3.8, 4) is 11.8 Å². The smallest absolute Gasteiger partial charge is 0.369 e. The van der Waals surface area contributed by atoms with Crippen LogP contribution in [-0.2, 0) is 23.8 Å². The van der Waals surface area contributed by atoms with E-state index in [0.717, 1.165) is 37.7 Å². The van der Waals surface area contributed by atoms with Gasteiger partial charge in [-0.25, -0.2) is 19.9 Å². The van der Waals surface area contributed by atoms with Crippen molar-refractivity contribution in [2.75, 3.05) is 13.1 Å². The first-order chi connectivity index (χ1) is 16.8. The van der Waals surface area contributed by atoms with Crippen LogP contribution < -0.4 is 11.1 Å². The molecule has 35 heavy (non-hydrogen) atoms. The molecule has 10 heteroatoms. The molecule has 0 radical (unpaired) electrons. The summed E-state index contributed by atoms with van der Waals surface area (Å²) in [5.74, 6) is 5.14. The Morgan fingerprint density at radius 1 is 1.06 bits per heavy atom. The molecule has 1 amide bonds. The second-order valence-electron chi connectivity index (χ2n) is 8.28. The minimum absolute atomic E-state index is 0.112. The molecule has 7 nitrogen and oxygen atoms in total. The second kappa shape index (κ2) is 10.6. The summed E-state index contributed by atoms with van der Waals surface area (Å²) < 4.78 is 40.7. The number of carbonyl (C=O) groups excluding carboxylic acids is 1. The molecule has 1 saturated heterocycles. The van der Waals surface area contributed by atoms with Crippen molar-refractivity contribution in [2.45, 2.75) is 37.8 Å². The SMILES string of the molecule is NC(=O)Cc1cncnc1C#Cc1nc(Cc2ccc(C3CCNCC3)cc2)ncc1C(F)(F)F. The first-order valence-electron chi connectivity index (χ1n) is 11.1. The molecule has 2 aromatic heterocycles. The van der Waals surface area contributed by atoms with Gasteiger partial charge in [0.05, 0.1) is 6.42 Å². The zero-order valence-electron chi connectivity index (χ0n) is 18.8. The first kappa shape index (κ1) is 24.3. The van der Waals surface area contributed by atoms with Gasteiger partial charge in [-0.3, -0.25) is 4.79 Å². The Morgan fingerprint density at radius 3 is 2.46 bits per heavy atom. The molecule has 1 aromatic carbocycles. The van der Waals surface area contributed by atoms with Gasteiger partial charge in [-0.05, 0) is 54.8 Å². The van der Waals surface area contributed by atoms with E-state index in [4.69, 9.17) is 5.73 Å². The molecule has 0 spiro atoms. The number of nitrogens with one attached hydrogen (secondary N) is 1. The van der Waals surface area contributed by atoms with E-state index < -0.39 is 23.3 Å². The summed E-state index contributed by atoms with van der Waals surface area (Å²) in [6.45, 7) is 1.99. The van der Waals surface area contributed by atoms with Crippen LogP contribution in [0.3, 0.4) is 0 Å². The normalized spacial score (nSPS) is 14.3. The number of rotatable bonds is 5. The molecular weight excluding hydrogens is 457 g/mol. The molecule has 1 fully saturated rings. The molecule has 0 unspecified atom stereocenters. The van der Waals surface area contributed by atoms with Crippen LogP contribution >= 0.6 is 0 Å². The number of nitrogens with two attached hydrogens (primary N) is 1. The maximum absolute atomic E-state index is 13.6. The maximum atomic E-state index is 13.6. The number of piperidine rings is 1. The molecule has 0 saturated carbocycles. The summed E-state index contributed by atoms with van der Waals surface area (Å²) in [5.41, 5.74) is 6.29. The van der Waals surface area contributed by atoms with E-state index in [1.54, 1.807) is 0 Å². The average molecular weight is 480 g/mol. The summed E-state index contributed by atoms with van der Waals surface area (Å²) in [4.78, 5) is 27.1. The third kappa shape index (κ3) is 6.39. The molecule has 3 N–H and O–H groups in total. The predicted molar refractivity (Wildman–Crippen MR) is 122 cm³/mol. The van der Waals surface area contributed by atoms with Crippen LogP contribution in [0.5, 0.6) is 0 Å². The summed E-state index contributed by atoms with van der Waals surface area (Å²) in [6.07, 6.45) is 0.858. The Kier molecular flexibility index (Phi) is 7.36. The highest BCUT2D eigenvalue weighted by molar-refractivity contribution is 5.77. The van der Waals surface area contributed by atoms with E-state index in [1.165, 1.54) is 18.1 Å². The van der Waals surface area contributed by atoms with Crippen LogP contribution in [0.15, 0.2) is 43.0 Å². The van der Waals surface area contributed by atoms with Gasteiger partial charge in [0.15, 0.2) is 0 Å². The van der Waals surface area contributed by atoms with Crippen molar-refractivity contribution in [2.24, 2.45) is 5.73 Å². The Balaban J connectivity index is 1.60. The molecule has 0 aliphatic carbocycles. The Hall–Kier alpha value is -3.84. The van der Waals surface area contributed by atoms with Gasteiger partial charge in [0.2, 0.25) is 5.91 Å². The van der Waals surface area contributed by atoms with Gasteiger partial charge < -0.3 is 11.1 Å². The highest BCUT2D eigenvalue weighted by Gasteiger charge is 2.34. The van der Waals surface area contributed by atoms with Crippen molar-refractivity contribution in [1.29, 1.82) is 0 Å². The number of alkyl halides is 3. The molecule has 0 bridgehead atoms. The van der Waals surface area contributed by atoms with Gasteiger partial charge in [-0.1, -0.05) is 24.3 Å². The average Bonchev–Trinajstić information content (AvgIpc) is 2.83. The lowest BCUT2D eigenvalue weighted by Crippen LogP contribution is -2.26. The molecular formula is C25H23F3N6O. The van der Waals surface area contributed by atoms with Gasteiger partial charge in [-0.15, -0.1) is 0 Å². The number of hydrogen-bond donors (Lipinski definition) is 2. The van der Waals surface area contributed by atoms with Crippen molar-refractivity contribution in [3.63, 3.8) is 0 Å². The molecule has 1 aliphatic rings. The lowest BCUT2D eigenvalue weighted by atomic mass is 9.89. The maximum Gasteiger partial charge on any atom is 0.420 e. The van der Waals surface area contributed by atoms with Gasteiger partial charge in [0.25, 0.3) is 0 Å². The van der Waals surface area contributed by atoms with E-state index >= 15 is 0 Å². The van der Waals surface area contributed by atoms with E-state index in [9.17, 15) is 18.0 Å². The summed E-state index contributed by atoms with van der Waals surface area (Å²) in [7, 11) is 0. The van der Waals surface area contributed by atoms with Crippen LogP contribution in [0, 0.1) is 11.8 Å². The fraction of sp³-hybridized carbons (Fsp3) is 0.320. The van der Waals surface area contributed by atoms with Crippen LogP contribution in [-0.4, -0.2) is 38.9 Å². The number of hydrogen-bond acceptors (Lipinski definition) is 6. The third-order valence-electron chi connectivity index (χ3n) is 5.75.